The molecule has 1 aliphatic heterocycles. The second-order valence-corrected chi connectivity index (χ2v) is 5.94. The third kappa shape index (κ3) is 3.52. The maximum absolute atomic E-state index is 12.8. The van der Waals surface area contributed by atoms with Gasteiger partial charge in [0.05, 0.1) is 12.1 Å². The molecule has 0 fully saturated rings. The molecule has 2 N–H and O–H groups in total. The molecular weight excluding hydrogens is 347 g/mol. The molecule has 0 bridgehead atoms. The summed E-state index contributed by atoms with van der Waals surface area (Å²) in [6.07, 6.45) is 2.29. The first-order chi connectivity index (χ1) is 10.5. The summed E-state index contributed by atoms with van der Waals surface area (Å²) in [5.41, 5.74) is 11.9. The molecule has 1 amide bonds. The van der Waals surface area contributed by atoms with E-state index in [0.717, 1.165) is 53.3 Å². The minimum absolute atomic E-state index is 0. The van der Waals surface area contributed by atoms with Crippen LogP contribution < -0.4 is 10.6 Å². The summed E-state index contributed by atoms with van der Waals surface area (Å²) in [7, 11) is 1.91. The average molecular weight is 371 g/mol. The van der Waals surface area contributed by atoms with E-state index in [4.69, 9.17) is 5.73 Å². The van der Waals surface area contributed by atoms with Crippen molar-refractivity contribution in [1.82, 2.24) is 9.78 Å². The van der Waals surface area contributed by atoms with Crippen molar-refractivity contribution >= 4 is 42.1 Å². The summed E-state index contributed by atoms with van der Waals surface area (Å²) in [4.78, 5) is 14.7. The first-order valence-electron chi connectivity index (χ1n) is 7.66. The third-order valence-electron chi connectivity index (χ3n) is 4.57. The number of amides is 1. The van der Waals surface area contributed by atoms with Crippen LogP contribution in [-0.4, -0.2) is 22.2 Å². The number of carbonyl (C=O) groups is 1. The molecule has 0 atom stereocenters. The first-order valence-corrected chi connectivity index (χ1v) is 7.66. The number of benzene rings is 1. The maximum Gasteiger partial charge on any atom is 0.231 e. The summed E-state index contributed by atoms with van der Waals surface area (Å²) in [6.45, 7) is 4.72. The first kappa shape index (κ1) is 20.3. The van der Waals surface area contributed by atoms with Crippen LogP contribution in [0.2, 0.25) is 0 Å². The lowest BCUT2D eigenvalue weighted by Gasteiger charge is -2.30. The Hall–Kier alpha value is -1.72. The number of nitrogens with zero attached hydrogens (tertiary/aromatic N) is 3. The highest BCUT2D eigenvalue weighted by Crippen LogP contribution is 2.31. The zero-order valence-electron chi connectivity index (χ0n) is 14.2. The lowest BCUT2D eigenvalue weighted by Crippen LogP contribution is -2.37. The van der Waals surface area contributed by atoms with Crippen LogP contribution in [0.3, 0.4) is 0 Å². The van der Waals surface area contributed by atoms with Gasteiger partial charge in [0.25, 0.3) is 0 Å². The van der Waals surface area contributed by atoms with Crippen molar-refractivity contribution < 1.29 is 4.79 Å². The Morgan fingerprint density at radius 3 is 2.62 bits per heavy atom. The molecule has 132 valence electrons. The van der Waals surface area contributed by atoms with Gasteiger partial charge in [0.15, 0.2) is 0 Å². The van der Waals surface area contributed by atoms with Gasteiger partial charge in [0.2, 0.25) is 5.91 Å². The van der Waals surface area contributed by atoms with E-state index in [1.54, 1.807) is 0 Å². The van der Waals surface area contributed by atoms with E-state index in [1.807, 2.05) is 48.7 Å². The number of nitrogen functional groups attached to an aromatic ring is 1. The highest BCUT2D eigenvalue weighted by molar-refractivity contribution is 5.97. The summed E-state index contributed by atoms with van der Waals surface area (Å²) < 4.78 is 1.83. The Kier molecular flexibility index (Phi) is 6.69. The van der Waals surface area contributed by atoms with Gasteiger partial charge in [-0.1, -0.05) is 6.07 Å². The molecule has 5 nitrogen and oxygen atoms in total. The topological polar surface area (TPSA) is 64.2 Å². The van der Waals surface area contributed by atoms with Crippen molar-refractivity contribution in [2.24, 2.45) is 7.05 Å². The van der Waals surface area contributed by atoms with Crippen LogP contribution in [0.5, 0.6) is 0 Å². The summed E-state index contributed by atoms with van der Waals surface area (Å²) in [5.74, 6) is 0.116. The Bertz CT molecular complexity index is 742. The quantitative estimate of drug-likeness (QED) is 0.826. The van der Waals surface area contributed by atoms with Crippen molar-refractivity contribution in [3.63, 3.8) is 0 Å². The Morgan fingerprint density at radius 1 is 1.29 bits per heavy atom. The zero-order chi connectivity index (χ0) is 15.9. The van der Waals surface area contributed by atoms with Gasteiger partial charge in [0, 0.05) is 36.2 Å². The minimum atomic E-state index is 0. The molecule has 0 aliphatic carbocycles. The number of fused-ring (bicyclic) bond motifs is 1. The number of hydrogen-bond donors (Lipinski definition) is 1. The van der Waals surface area contributed by atoms with Gasteiger partial charge >= 0.3 is 0 Å². The minimum Gasteiger partial charge on any atom is -0.398 e. The maximum atomic E-state index is 12.8. The number of anilines is 2. The molecule has 7 heteroatoms. The lowest BCUT2D eigenvalue weighted by atomic mass is 9.99. The number of nitrogens with two attached hydrogens (primary N) is 1. The lowest BCUT2D eigenvalue weighted by molar-refractivity contribution is -0.118. The van der Waals surface area contributed by atoms with Gasteiger partial charge in [-0.05, 0) is 44.4 Å². The summed E-state index contributed by atoms with van der Waals surface area (Å²) in [5, 5.41) is 4.39. The number of carbonyl (C=O) groups excluding carboxylic acids is 1. The molecule has 1 aliphatic rings. The molecule has 24 heavy (non-hydrogen) atoms. The van der Waals surface area contributed by atoms with Gasteiger partial charge in [-0.3, -0.25) is 9.48 Å². The van der Waals surface area contributed by atoms with Crippen LogP contribution in [0, 0.1) is 13.8 Å². The van der Waals surface area contributed by atoms with E-state index in [0.29, 0.717) is 6.42 Å². The smallest absolute Gasteiger partial charge is 0.231 e. The largest absolute Gasteiger partial charge is 0.398 e. The van der Waals surface area contributed by atoms with Crippen molar-refractivity contribution in [1.29, 1.82) is 0 Å². The van der Waals surface area contributed by atoms with E-state index in [-0.39, 0.29) is 30.7 Å². The highest BCUT2D eigenvalue weighted by atomic mass is 35.5. The number of aryl methyl sites for hydroxylation is 2. The van der Waals surface area contributed by atoms with Crippen molar-refractivity contribution in [3.05, 3.63) is 40.7 Å². The third-order valence-corrected chi connectivity index (χ3v) is 4.57. The number of aromatic nitrogens is 2. The monoisotopic (exact) mass is 370 g/mol. The number of rotatable bonds is 2. The van der Waals surface area contributed by atoms with Crippen LogP contribution in [0.4, 0.5) is 11.4 Å². The standard InChI is InChI=1S/C17H22N4O.2ClH/c1-11-14(12(2)20(3)19-11)10-17(22)21-9-5-6-13-15(18)7-4-8-16(13)21;;/h4,7-8H,5-6,9-10,18H2,1-3H3;2*1H. The van der Waals surface area contributed by atoms with Crippen molar-refractivity contribution in [2.75, 3.05) is 17.2 Å². The molecule has 2 aromatic rings. The molecule has 0 spiro atoms. The molecule has 0 saturated carbocycles. The molecule has 0 unspecified atom stereocenters. The Morgan fingerprint density at radius 2 is 2.00 bits per heavy atom. The van der Waals surface area contributed by atoms with Crippen LogP contribution >= 0.6 is 24.8 Å². The fourth-order valence-corrected chi connectivity index (χ4v) is 3.23. The van der Waals surface area contributed by atoms with Crippen LogP contribution in [0.15, 0.2) is 18.2 Å². The molecule has 0 saturated heterocycles. The van der Waals surface area contributed by atoms with E-state index >= 15 is 0 Å². The molecule has 1 aromatic heterocycles. The highest BCUT2D eigenvalue weighted by Gasteiger charge is 2.25. The SMILES string of the molecule is Cc1nn(C)c(C)c1CC(=O)N1CCCc2c(N)cccc21.Cl.Cl. The molecule has 1 aromatic carbocycles. The van der Waals surface area contributed by atoms with E-state index in [2.05, 4.69) is 5.10 Å². The molecule has 2 heterocycles. The number of halogens is 2. The Labute approximate surface area is 155 Å². The molecular formula is C17H24Cl2N4O. The predicted molar refractivity (Wildman–Crippen MR) is 102 cm³/mol. The van der Waals surface area contributed by atoms with Gasteiger partial charge in [-0.25, -0.2) is 0 Å². The average Bonchev–Trinajstić information content (AvgIpc) is 2.73. The number of hydrogen-bond acceptors (Lipinski definition) is 3. The molecule has 0 radical (unpaired) electrons. The van der Waals surface area contributed by atoms with Crippen molar-refractivity contribution in [2.45, 2.75) is 33.1 Å². The van der Waals surface area contributed by atoms with E-state index in [9.17, 15) is 4.79 Å². The summed E-state index contributed by atoms with van der Waals surface area (Å²) >= 11 is 0. The van der Waals surface area contributed by atoms with E-state index in [1.165, 1.54) is 0 Å². The van der Waals surface area contributed by atoms with Gasteiger partial charge in [0.1, 0.15) is 0 Å². The van der Waals surface area contributed by atoms with Gasteiger partial charge in [-0.2, -0.15) is 5.10 Å². The van der Waals surface area contributed by atoms with Crippen molar-refractivity contribution in [3.8, 4) is 0 Å². The second-order valence-electron chi connectivity index (χ2n) is 5.94. The van der Waals surface area contributed by atoms with Gasteiger partial charge in [-0.15, -0.1) is 24.8 Å². The Balaban J connectivity index is 0.00000144. The van der Waals surface area contributed by atoms with Crippen LogP contribution in [0.25, 0.3) is 0 Å². The van der Waals surface area contributed by atoms with Crippen LogP contribution in [0.1, 0.15) is 28.9 Å². The van der Waals surface area contributed by atoms with E-state index < -0.39 is 0 Å². The summed E-state index contributed by atoms with van der Waals surface area (Å²) in [6, 6.07) is 5.81. The molecule has 3 rings (SSSR count). The fourth-order valence-electron chi connectivity index (χ4n) is 3.23. The van der Waals surface area contributed by atoms with Gasteiger partial charge < -0.3 is 10.6 Å². The zero-order valence-corrected chi connectivity index (χ0v) is 15.8. The van der Waals surface area contributed by atoms with Crippen LogP contribution in [-0.2, 0) is 24.7 Å². The fraction of sp³-hybridized carbons (Fsp3) is 0.412. The normalized spacial score (nSPS) is 12.9. The predicted octanol–water partition coefficient (Wildman–Crippen LogP) is 2.98. The second kappa shape index (κ2) is 7.90.